The van der Waals surface area contributed by atoms with Gasteiger partial charge < -0.3 is 19.6 Å². The standard InChI is InChI=1S/C27H30ClN3O4S/c1-17(2)12-31(13-19(32)15-35-20-10-8-18(28)9-11-20)14-24-29-26(33)25-22(16-36-27(25)30-24)21-6-4-5-7-23(21)34-3/h4-11,16-17,19,32H,12-15H2,1-3H3,(H,29,30,33). The number of nitrogens with zero attached hydrogens (tertiary/aromatic N) is 2. The van der Waals surface area contributed by atoms with Gasteiger partial charge in [-0.1, -0.05) is 43.6 Å². The molecule has 0 aliphatic carbocycles. The van der Waals surface area contributed by atoms with Crippen molar-refractivity contribution in [3.63, 3.8) is 0 Å². The van der Waals surface area contributed by atoms with Crippen LogP contribution in [0.25, 0.3) is 21.3 Å². The van der Waals surface area contributed by atoms with Crippen LogP contribution in [0.15, 0.2) is 58.7 Å². The lowest BCUT2D eigenvalue weighted by atomic mass is 10.1. The maximum Gasteiger partial charge on any atom is 0.260 e. The highest BCUT2D eigenvalue weighted by molar-refractivity contribution is 7.17. The number of aliphatic hydroxyl groups is 1. The lowest BCUT2D eigenvalue weighted by Gasteiger charge is -2.26. The van der Waals surface area contributed by atoms with Crippen LogP contribution in [0.5, 0.6) is 11.5 Å². The fourth-order valence-corrected chi connectivity index (χ4v) is 5.22. The second-order valence-corrected chi connectivity index (χ2v) is 10.3. The van der Waals surface area contributed by atoms with Crippen LogP contribution in [-0.2, 0) is 6.54 Å². The molecule has 0 radical (unpaired) electrons. The summed E-state index contributed by atoms with van der Waals surface area (Å²) >= 11 is 7.35. The van der Waals surface area contributed by atoms with Crippen molar-refractivity contribution in [2.45, 2.75) is 26.5 Å². The Labute approximate surface area is 219 Å². The van der Waals surface area contributed by atoms with Gasteiger partial charge in [-0.15, -0.1) is 11.3 Å². The molecule has 0 aliphatic heterocycles. The van der Waals surface area contributed by atoms with E-state index in [9.17, 15) is 9.90 Å². The smallest absolute Gasteiger partial charge is 0.260 e. The predicted molar refractivity (Wildman–Crippen MR) is 145 cm³/mol. The van der Waals surface area contributed by atoms with Crippen molar-refractivity contribution in [3.8, 4) is 22.6 Å². The number of halogens is 1. The topological polar surface area (TPSA) is 87.7 Å². The molecule has 0 amide bonds. The molecule has 2 N–H and O–H groups in total. The molecule has 2 heterocycles. The first-order valence-corrected chi connectivity index (χ1v) is 13.0. The van der Waals surface area contributed by atoms with Crippen molar-refractivity contribution in [1.29, 1.82) is 0 Å². The molecule has 0 bridgehead atoms. The van der Waals surface area contributed by atoms with Gasteiger partial charge in [0, 0.05) is 34.6 Å². The number of aliphatic hydroxyl groups excluding tert-OH is 1. The molecule has 190 valence electrons. The molecule has 2 aromatic carbocycles. The number of fused-ring (bicyclic) bond motifs is 1. The Kier molecular flexibility index (Phi) is 8.64. The fraction of sp³-hybridized carbons (Fsp3) is 0.333. The highest BCUT2D eigenvalue weighted by Crippen LogP contribution is 2.36. The minimum absolute atomic E-state index is 0.145. The largest absolute Gasteiger partial charge is 0.496 e. The number of aromatic nitrogens is 2. The van der Waals surface area contributed by atoms with Crippen LogP contribution < -0.4 is 15.0 Å². The van der Waals surface area contributed by atoms with Gasteiger partial charge in [-0.3, -0.25) is 9.69 Å². The predicted octanol–water partition coefficient (Wildman–Crippen LogP) is 5.21. The number of thiophene rings is 1. The van der Waals surface area contributed by atoms with Crippen LogP contribution in [0.1, 0.15) is 19.7 Å². The molecule has 0 fully saturated rings. The third-order valence-corrected chi connectivity index (χ3v) is 6.74. The second-order valence-electron chi connectivity index (χ2n) is 9.05. The first kappa shape index (κ1) is 26.2. The van der Waals surface area contributed by atoms with Gasteiger partial charge in [0.2, 0.25) is 0 Å². The molecule has 1 unspecified atom stereocenters. The monoisotopic (exact) mass is 527 g/mol. The molecule has 0 spiro atoms. The van der Waals surface area contributed by atoms with Gasteiger partial charge >= 0.3 is 0 Å². The Hall–Kier alpha value is -2.91. The van der Waals surface area contributed by atoms with E-state index in [-0.39, 0.29) is 12.2 Å². The summed E-state index contributed by atoms with van der Waals surface area (Å²) in [6.45, 7) is 5.89. The number of nitrogens with one attached hydrogen (secondary N) is 1. The van der Waals surface area contributed by atoms with Gasteiger partial charge in [-0.25, -0.2) is 4.98 Å². The zero-order chi connectivity index (χ0) is 25.7. The third kappa shape index (κ3) is 6.44. The molecule has 7 nitrogen and oxygen atoms in total. The van der Waals surface area contributed by atoms with E-state index in [2.05, 4.69) is 23.7 Å². The number of hydrogen-bond donors (Lipinski definition) is 2. The second kappa shape index (κ2) is 11.9. The molecule has 9 heteroatoms. The van der Waals surface area contributed by atoms with Crippen LogP contribution in [0.3, 0.4) is 0 Å². The zero-order valence-electron chi connectivity index (χ0n) is 20.5. The summed E-state index contributed by atoms with van der Waals surface area (Å²) in [6.07, 6.45) is -0.714. The average Bonchev–Trinajstić information content (AvgIpc) is 3.27. The normalized spacial score (nSPS) is 12.4. The van der Waals surface area contributed by atoms with Crippen molar-refractivity contribution in [2.75, 3.05) is 26.8 Å². The van der Waals surface area contributed by atoms with Gasteiger partial charge in [0.05, 0.1) is 19.0 Å². The van der Waals surface area contributed by atoms with Gasteiger partial charge in [0.1, 0.15) is 34.9 Å². The molecule has 1 atom stereocenters. The molecule has 0 saturated heterocycles. The van der Waals surface area contributed by atoms with E-state index in [1.54, 1.807) is 31.4 Å². The summed E-state index contributed by atoms with van der Waals surface area (Å²) in [5, 5.41) is 13.8. The zero-order valence-corrected chi connectivity index (χ0v) is 22.1. The van der Waals surface area contributed by atoms with E-state index < -0.39 is 6.10 Å². The minimum atomic E-state index is -0.714. The van der Waals surface area contributed by atoms with Crippen molar-refractivity contribution >= 4 is 33.2 Å². The van der Waals surface area contributed by atoms with Crippen molar-refractivity contribution in [3.05, 3.63) is 75.1 Å². The first-order valence-electron chi connectivity index (χ1n) is 11.8. The van der Waals surface area contributed by atoms with Gasteiger partial charge in [-0.2, -0.15) is 0 Å². The average molecular weight is 528 g/mol. The summed E-state index contributed by atoms with van der Waals surface area (Å²) in [7, 11) is 1.62. The number of hydrogen-bond acceptors (Lipinski definition) is 7. The van der Waals surface area contributed by atoms with E-state index in [0.29, 0.717) is 51.6 Å². The highest BCUT2D eigenvalue weighted by Gasteiger charge is 2.19. The maximum absolute atomic E-state index is 13.1. The Balaban J connectivity index is 1.50. The van der Waals surface area contributed by atoms with E-state index in [1.165, 1.54) is 11.3 Å². The highest BCUT2D eigenvalue weighted by atomic mass is 35.5. The van der Waals surface area contributed by atoms with E-state index in [0.717, 1.165) is 17.7 Å². The number of methoxy groups -OCH3 is 1. The summed E-state index contributed by atoms with van der Waals surface area (Å²) in [5.41, 5.74) is 1.48. The molecule has 0 saturated carbocycles. The van der Waals surface area contributed by atoms with Crippen molar-refractivity contribution in [2.24, 2.45) is 5.92 Å². The molecule has 0 aliphatic rings. The number of ether oxygens (including phenoxy) is 2. The Morgan fingerprint density at radius 3 is 2.58 bits per heavy atom. The number of aromatic amines is 1. The maximum atomic E-state index is 13.1. The van der Waals surface area contributed by atoms with E-state index in [1.807, 2.05) is 29.6 Å². The Bertz CT molecular complexity index is 1350. The van der Waals surface area contributed by atoms with E-state index >= 15 is 0 Å². The lowest BCUT2D eigenvalue weighted by Crippen LogP contribution is -2.38. The molecular weight excluding hydrogens is 498 g/mol. The number of rotatable bonds is 11. The molecule has 4 rings (SSSR count). The Morgan fingerprint density at radius 2 is 1.86 bits per heavy atom. The van der Waals surface area contributed by atoms with Gasteiger partial charge in [0.15, 0.2) is 0 Å². The SMILES string of the molecule is COc1ccccc1-c1csc2nc(CN(CC(C)C)CC(O)COc3ccc(Cl)cc3)[nH]c(=O)c12. The van der Waals surface area contributed by atoms with Crippen LogP contribution in [0, 0.1) is 5.92 Å². The van der Waals surface area contributed by atoms with Gasteiger partial charge in [-0.05, 0) is 36.2 Å². The molecule has 4 aromatic rings. The van der Waals surface area contributed by atoms with Crippen molar-refractivity contribution in [1.82, 2.24) is 14.9 Å². The fourth-order valence-electron chi connectivity index (χ4n) is 4.14. The number of H-pyrrole nitrogens is 1. The third-order valence-electron chi connectivity index (χ3n) is 5.61. The van der Waals surface area contributed by atoms with Gasteiger partial charge in [0.25, 0.3) is 5.56 Å². The molecule has 2 aromatic heterocycles. The number of para-hydroxylation sites is 1. The summed E-state index contributed by atoms with van der Waals surface area (Å²) in [6, 6.07) is 14.7. The summed E-state index contributed by atoms with van der Waals surface area (Å²) < 4.78 is 11.2. The summed E-state index contributed by atoms with van der Waals surface area (Å²) in [5.74, 6) is 2.28. The van der Waals surface area contributed by atoms with E-state index in [4.69, 9.17) is 26.1 Å². The quantitative estimate of drug-likeness (QED) is 0.278. The first-order chi connectivity index (χ1) is 17.3. The molecular formula is C27H30ClN3O4S. The van der Waals surface area contributed by atoms with Crippen LogP contribution in [0.4, 0.5) is 0 Å². The van der Waals surface area contributed by atoms with Crippen LogP contribution in [0.2, 0.25) is 5.02 Å². The summed E-state index contributed by atoms with van der Waals surface area (Å²) in [4.78, 5) is 23.6. The minimum Gasteiger partial charge on any atom is -0.496 e. The lowest BCUT2D eigenvalue weighted by molar-refractivity contribution is 0.0606. The Morgan fingerprint density at radius 1 is 1.11 bits per heavy atom. The van der Waals surface area contributed by atoms with Crippen LogP contribution in [-0.4, -0.2) is 52.9 Å². The molecule has 36 heavy (non-hydrogen) atoms. The number of benzene rings is 2. The van der Waals surface area contributed by atoms with Crippen molar-refractivity contribution < 1.29 is 14.6 Å². The van der Waals surface area contributed by atoms with Crippen LogP contribution >= 0.6 is 22.9 Å².